The molecule has 0 spiro atoms. The minimum atomic E-state index is -0.162. The normalized spacial score (nSPS) is 11.1. The molecule has 0 unspecified atom stereocenters. The Bertz CT molecular complexity index is 767. The number of anilines is 1. The lowest BCUT2D eigenvalue weighted by molar-refractivity contribution is -0.116. The van der Waals surface area contributed by atoms with E-state index in [9.17, 15) is 9.59 Å². The second-order valence-electron chi connectivity index (χ2n) is 7.65. The fourth-order valence-corrected chi connectivity index (χ4v) is 2.73. The minimum absolute atomic E-state index is 0.0563. The molecule has 0 aliphatic carbocycles. The Kier molecular flexibility index (Phi) is 6.19. The van der Waals surface area contributed by atoms with Crippen molar-refractivity contribution in [1.82, 2.24) is 5.32 Å². The maximum absolute atomic E-state index is 12.2. The topological polar surface area (TPSA) is 58.2 Å². The van der Waals surface area contributed by atoms with Crippen LogP contribution < -0.4 is 10.6 Å². The molecule has 2 rings (SSSR count). The molecule has 138 valence electrons. The van der Waals surface area contributed by atoms with E-state index in [1.165, 1.54) is 5.56 Å². The number of carbonyl (C=O) groups is 2. The highest BCUT2D eigenvalue weighted by molar-refractivity contribution is 5.95. The van der Waals surface area contributed by atoms with Crippen LogP contribution in [0.25, 0.3) is 0 Å². The molecule has 0 heterocycles. The lowest BCUT2D eigenvalue weighted by atomic mass is 9.87. The number of hydrogen-bond donors (Lipinski definition) is 2. The Balaban J connectivity index is 1.85. The molecule has 2 amide bonds. The van der Waals surface area contributed by atoms with Crippen molar-refractivity contribution in [2.75, 3.05) is 11.9 Å². The van der Waals surface area contributed by atoms with Gasteiger partial charge in [0.15, 0.2) is 0 Å². The van der Waals surface area contributed by atoms with Crippen LogP contribution in [-0.4, -0.2) is 18.4 Å². The number of amides is 2. The van der Waals surface area contributed by atoms with Gasteiger partial charge in [-0.15, -0.1) is 0 Å². The van der Waals surface area contributed by atoms with E-state index >= 15 is 0 Å². The number of nitrogens with one attached hydrogen (secondary N) is 2. The van der Waals surface area contributed by atoms with Crippen molar-refractivity contribution in [3.05, 3.63) is 64.7 Å². The van der Waals surface area contributed by atoms with Gasteiger partial charge in [-0.3, -0.25) is 9.59 Å². The Morgan fingerprint density at radius 3 is 2.04 bits per heavy atom. The first-order valence-corrected chi connectivity index (χ1v) is 8.93. The summed E-state index contributed by atoms with van der Waals surface area (Å²) in [6.07, 6.45) is 0.236. The molecule has 2 aromatic carbocycles. The summed E-state index contributed by atoms with van der Waals surface area (Å²) in [6, 6.07) is 13.5. The molecule has 4 nitrogen and oxygen atoms in total. The molecule has 26 heavy (non-hydrogen) atoms. The van der Waals surface area contributed by atoms with Gasteiger partial charge in [-0.1, -0.05) is 51.1 Å². The van der Waals surface area contributed by atoms with Crippen molar-refractivity contribution in [1.29, 1.82) is 0 Å². The van der Waals surface area contributed by atoms with Gasteiger partial charge in [-0.25, -0.2) is 0 Å². The van der Waals surface area contributed by atoms with Crippen LogP contribution in [0.1, 0.15) is 54.2 Å². The lowest BCUT2D eigenvalue weighted by Gasteiger charge is -2.19. The quantitative estimate of drug-likeness (QED) is 0.840. The van der Waals surface area contributed by atoms with Gasteiger partial charge in [-0.05, 0) is 48.1 Å². The van der Waals surface area contributed by atoms with Crippen molar-refractivity contribution in [2.24, 2.45) is 0 Å². The van der Waals surface area contributed by atoms with Gasteiger partial charge in [0.25, 0.3) is 5.91 Å². The fraction of sp³-hybridized carbons (Fsp3) is 0.364. The summed E-state index contributed by atoms with van der Waals surface area (Å²) in [5.74, 6) is -0.267. The third-order valence-corrected chi connectivity index (χ3v) is 4.40. The molecule has 0 atom stereocenters. The zero-order valence-electron chi connectivity index (χ0n) is 16.3. The average molecular weight is 352 g/mol. The highest BCUT2D eigenvalue weighted by Gasteiger charge is 2.14. The number of aryl methyl sites for hydroxylation is 2. The van der Waals surface area contributed by atoms with Gasteiger partial charge in [0.2, 0.25) is 5.91 Å². The number of rotatable bonds is 5. The standard InChI is InChI=1S/C22H28N2O2/c1-15-7-6-8-16(2)20(15)24-19(25)13-14-23-21(26)17-9-11-18(12-10-17)22(3,4)5/h6-12H,13-14H2,1-5H3,(H,23,26)(H,24,25). The van der Waals surface area contributed by atoms with Crippen LogP contribution in [0.2, 0.25) is 0 Å². The van der Waals surface area contributed by atoms with E-state index in [0.717, 1.165) is 16.8 Å². The molecule has 0 aliphatic heterocycles. The summed E-state index contributed by atoms with van der Waals surface area (Å²) in [4.78, 5) is 24.3. The van der Waals surface area contributed by atoms with Gasteiger partial charge in [0.1, 0.15) is 0 Å². The number of carbonyl (C=O) groups excluding carboxylic acids is 2. The molecule has 0 aliphatic rings. The molecule has 2 N–H and O–H groups in total. The zero-order valence-corrected chi connectivity index (χ0v) is 16.3. The van der Waals surface area contributed by atoms with E-state index in [1.807, 2.05) is 56.3 Å². The molecule has 4 heteroatoms. The highest BCUT2D eigenvalue weighted by atomic mass is 16.2. The van der Waals surface area contributed by atoms with Gasteiger partial charge in [0.05, 0.1) is 0 Å². The molecular formula is C22H28N2O2. The van der Waals surface area contributed by atoms with E-state index in [4.69, 9.17) is 0 Å². The molecule has 0 radical (unpaired) electrons. The zero-order chi connectivity index (χ0) is 19.3. The minimum Gasteiger partial charge on any atom is -0.352 e. The number of benzene rings is 2. The lowest BCUT2D eigenvalue weighted by Crippen LogP contribution is -2.28. The van der Waals surface area contributed by atoms with Crippen molar-refractivity contribution in [2.45, 2.75) is 46.5 Å². The summed E-state index contributed by atoms with van der Waals surface area (Å²) >= 11 is 0. The van der Waals surface area contributed by atoms with Crippen molar-refractivity contribution >= 4 is 17.5 Å². The van der Waals surface area contributed by atoms with Gasteiger partial charge in [0, 0.05) is 24.2 Å². The summed E-state index contributed by atoms with van der Waals surface area (Å²) in [5, 5.41) is 5.73. The Labute approximate surface area is 156 Å². The second-order valence-corrected chi connectivity index (χ2v) is 7.65. The first-order valence-electron chi connectivity index (χ1n) is 8.93. The predicted octanol–water partition coefficient (Wildman–Crippen LogP) is 4.36. The van der Waals surface area contributed by atoms with Gasteiger partial charge in [-0.2, -0.15) is 0 Å². The Morgan fingerprint density at radius 1 is 0.923 bits per heavy atom. The number of para-hydroxylation sites is 1. The van der Waals surface area contributed by atoms with E-state index < -0.39 is 0 Å². The monoisotopic (exact) mass is 352 g/mol. The van der Waals surface area contributed by atoms with Crippen LogP contribution in [0.4, 0.5) is 5.69 Å². The summed E-state index contributed by atoms with van der Waals surface area (Å²) in [7, 11) is 0. The summed E-state index contributed by atoms with van der Waals surface area (Å²) in [6.45, 7) is 10.6. The fourth-order valence-electron chi connectivity index (χ4n) is 2.73. The van der Waals surface area contributed by atoms with Crippen LogP contribution >= 0.6 is 0 Å². The van der Waals surface area contributed by atoms with Crippen molar-refractivity contribution in [3.8, 4) is 0 Å². The predicted molar refractivity (Wildman–Crippen MR) is 107 cm³/mol. The molecular weight excluding hydrogens is 324 g/mol. The first-order chi connectivity index (χ1) is 12.2. The third kappa shape index (κ3) is 5.19. The Morgan fingerprint density at radius 2 is 1.50 bits per heavy atom. The molecule has 0 aromatic heterocycles. The van der Waals surface area contributed by atoms with Crippen LogP contribution in [0.15, 0.2) is 42.5 Å². The summed E-state index contributed by atoms with van der Waals surface area (Å²) in [5.41, 5.74) is 4.75. The van der Waals surface area contributed by atoms with E-state index in [1.54, 1.807) is 0 Å². The largest absolute Gasteiger partial charge is 0.352 e. The van der Waals surface area contributed by atoms with E-state index in [0.29, 0.717) is 12.1 Å². The molecule has 0 bridgehead atoms. The maximum atomic E-state index is 12.2. The maximum Gasteiger partial charge on any atom is 0.251 e. The molecule has 0 saturated carbocycles. The molecule has 2 aromatic rings. The smallest absolute Gasteiger partial charge is 0.251 e. The Hall–Kier alpha value is -2.62. The van der Waals surface area contributed by atoms with Crippen molar-refractivity contribution < 1.29 is 9.59 Å². The van der Waals surface area contributed by atoms with Gasteiger partial charge < -0.3 is 10.6 Å². The first kappa shape index (κ1) is 19.7. The third-order valence-electron chi connectivity index (χ3n) is 4.40. The average Bonchev–Trinajstić information content (AvgIpc) is 2.57. The van der Waals surface area contributed by atoms with Crippen LogP contribution in [0, 0.1) is 13.8 Å². The van der Waals surface area contributed by atoms with Gasteiger partial charge >= 0.3 is 0 Å². The van der Waals surface area contributed by atoms with E-state index in [-0.39, 0.29) is 23.7 Å². The molecule has 0 saturated heterocycles. The second kappa shape index (κ2) is 8.17. The van der Waals surface area contributed by atoms with Crippen molar-refractivity contribution in [3.63, 3.8) is 0 Å². The van der Waals surface area contributed by atoms with E-state index in [2.05, 4.69) is 31.4 Å². The summed E-state index contributed by atoms with van der Waals surface area (Å²) < 4.78 is 0. The highest BCUT2D eigenvalue weighted by Crippen LogP contribution is 2.22. The SMILES string of the molecule is Cc1cccc(C)c1NC(=O)CCNC(=O)c1ccc(C(C)(C)C)cc1. The van der Waals surface area contributed by atoms with Crippen LogP contribution in [0.5, 0.6) is 0 Å². The molecule has 0 fully saturated rings. The number of hydrogen-bond acceptors (Lipinski definition) is 2. The van der Waals surface area contributed by atoms with Crippen LogP contribution in [-0.2, 0) is 10.2 Å². The van der Waals surface area contributed by atoms with Crippen LogP contribution in [0.3, 0.4) is 0 Å².